The number of carbonyl (C=O) groups excluding carboxylic acids is 1. The number of nitrogens with one attached hydrogen (secondary N) is 2. The van der Waals surface area contributed by atoms with Gasteiger partial charge in [0.1, 0.15) is 11.7 Å². The third-order valence-corrected chi connectivity index (χ3v) is 7.25. The monoisotopic (exact) mass is 483 g/mol. The fourth-order valence-corrected chi connectivity index (χ4v) is 5.44. The molecule has 9 heteroatoms. The number of rotatable bonds is 5. The van der Waals surface area contributed by atoms with Gasteiger partial charge in [0, 0.05) is 22.8 Å². The lowest BCUT2D eigenvalue weighted by atomic mass is 9.92. The summed E-state index contributed by atoms with van der Waals surface area (Å²) in [5.41, 5.74) is 3.94. The summed E-state index contributed by atoms with van der Waals surface area (Å²) >= 11 is 0. The van der Waals surface area contributed by atoms with Crippen LogP contribution in [0.5, 0.6) is 0 Å². The first-order valence-electron chi connectivity index (χ1n) is 12.5. The lowest BCUT2D eigenvalue weighted by Gasteiger charge is -2.45. The van der Waals surface area contributed by atoms with Gasteiger partial charge < -0.3 is 15.3 Å². The molecule has 3 N–H and O–H groups in total. The molecule has 0 saturated heterocycles. The summed E-state index contributed by atoms with van der Waals surface area (Å²) in [7, 11) is 0. The van der Waals surface area contributed by atoms with Gasteiger partial charge in [-0.1, -0.05) is 31.4 Å². The highest BCUT2D eigenvalue weighted by molar-refractivity contribution is 6.10. The molecule has 1 atom stereocenters. The topological polar surface area (TPSA) is 110 Å². The summed E-state index contributed by atoms with van der Waals surface area (Å²) < 4.78 is 0. The van der Waals surface area contributed by atoms with Crippen LogP contribution >= 0.6 is 0 Å². The maximum Gasteiger partial charge on any atom is 0.254 e. The Balaban J connectivity index is 1.43. The fourth-order valence-electron chi connectivity index (χ4n) is 5.44. The molecule has 2 aromatic heterocycles. The second-order valence-corrected chi connectivity index (χ2v) is 9.58. The summed E-state index contributed by atoms with van der Waals surface area (Å²) in [5, 5.41) is 21.0. The SMILES string of the molecule is C[C@@H]1C(=O)N(c2cccc(CO)c2)c2cnc(Nc3ccc4[nH]ncc4c3)nc2N1C1CCCCC1. The van der Waals surface area contributed by atoms with Gasteiger partial charge >= 0.3 is 0 Å². The largest absolute Gasteiger partial charge is 0.392 e. The lowest BCUT2D eigenvalue weighted by molar-refractivity contribution is -0.119. The molecule has 6 rings (SSSR count). The Hall–Kier alpha value is -3.98. The van der Waals surface area contributed by atoms with Gasteiger partial charge in [-0.15, -0.1) is 0 Å². The number of aliphatic hydroxyl groups excluding tert-OH is 1. The summed E-state index contributed by atoms with van der Waals surface area (Å²) in [6, 6.07) is 13.2. The van der Waals surface area contributed by atoms with Crippen molar-refractivity contribution in [2.45, 2.75) is 57.7 Å². The molecule has 0 unspecified atom stereocenters. The molecule has 0 bridgehead atoms. The molecule has 4 aromatic rings. The maximum absolute atomic E-state index is 13.8. The quantitative estimate of drug-likeness (QED) is 0.374. The zero-order valence-electron chi connectivity index (χ0n) is 20.2. The molecule has 0 spiro atoms. The van der Waals surface area contributed by atoms with E-state index in [1.807, 2.05) is 49.4 Å². The Labute approximate surface area is 209 Å². The average Bonchev–Trinajstić information content (AvgIpc) is 3.38. The van der Waals surface area contributed by atoms with Crippen LogP contribution in [0.2, 0.25) is 0 Å². The first kappa shape index (κ1) is 22.5. The van der Waals surface area contributed by atoms with E-state index in [2.05, 4.69) is 25.4 Å². The maximum atomic E-state index is 13.8. The predicted molar refractivity (Wildman–Crippen MR) is 140 cm³/mol. The molecule has 1 amide bonds. The van der Waals surface area contributed by atoms with Crippen LogP contribution in [0.3, 0.4) is 0 Å². The lowest BCUT2D eigenvalue weighted by Crippen LogP contribution is -2.55. The molecule has 184 valence electrons. The molecule has 3 heterocycles. The van der Waals surface area contributed by atoms with Crippen LogP contribution in [0.4, 0.5) is 28.8 Å². The number of hydrogen-bond acceptors (Lipinski definition) is 7. The normalized spacial score (nSPS) is 18.5. The van der Waals surface area contributed by atoms with Crippen LogP contribution < -0.4 is 15.1 Å². The first-order valence-corrected chi connectivity index (χ1v) is 12.5. The van der Waals surface area contributed by atoms with Crippen molar-refractivity contribution in [2.24, 2.45) is 0 Å². The zero-order chi connectivity index (χ0) is 24.6. The second kappa shape index (κ2) is 9.23. The molecular weight excluding hydrogens is 454 g/mol. The Morgan fingerprint density at radius 3 is 2.81 bits per heavy atom. The third-order valence-electron chi connectivity index (χ3n) is 7.25. The number of anilines is 5. The van der Waals surface area contributed by atoms with Gasteiger partial charge in [0.25, 0.3) is 5.91 Å². The van der Waals surface area contributed by atoms with Crippen molar-refractivity contribution in [1.82, 2.24) is 20.2 Å². The zero-order valence-corrected chi connectivity index (χ0v) is 20.2. The van der Waals surface area contributed by atoms with Crippen molar-refractivity contribution in [1.29, 1.82) is 0 Å². The van der Waals surface area contributed by atoms with E-state index in [1.54, 1.807) is 17.3 Å². The second-order valence-electron chi connectivity index (χ2n) is 9.58. The van der Waals surface area contributed by atoms with E-state index < -0.39 is 0 Å². The van der Waals surface area contributed by atoms with Crippen LogP contribution in [-0.4, -0.2) is 43.3 Å². The van der Waals surface area contributed by atoms with Gasteiger partial charge in [0.05, 0.1) is 24.5 Å². The number of nitrogens with zero attached hydrogens (tertiary/aromatic N) is 5. The van der Waals surface area contributed by atoms with Crippen LogP contribution in [0.15, 0.2) is 54.9 Å². The number of aromatic nitrogens is 4. The van der Waals surface area contributed by atoms with E-state index >= 15 is 0 Å². The highest BCUT2D eigenvalue weighted by Gasteiger charge is 2.41. The summed E-state index contributed by atoms with van der Waals surface area (Å²) in [6.45, 7) is 1.87. The minimum absolute atomic E-state index is 0.0159. The molecule has 1 fully saturated rings. The van der Waals surface area contributed by atoms with E-state index in [9.17, 15) is 9.90 Å². The Bertz CT molecular complexity index is 1410. The predicted octanol–water partition coefficient (Wildman–Crippen LogP) is 4.79. The number of hydrogen-bond donors (Lipinski definition) is 3. The molecular formula is C27H29N7O2. The summed E-state index contributed by atoms with van der Waals surface area (Å²) in [4.78, 5) is 27.2. The Morgan fingerprint density at radius 1 is 1.11 bits per heavy atom. The highest BCUT2D eigenvalue weighted by atomic mass is 16.3. The Kier molecular flexibility index (Phi) is 5.77. The summed E-state index contributed by atoms with van der Waals surface area (Å²) in [6.07, 6.45) is 9.13. The summed E-state index contributed by atoms with van der Waals surface area (Å²) in [5.74, 6) is 1.21. The first-order chi connectivity index (χ1) is 17.6. The molecule has 1 saturated carbocycles. The Morgan fingerprint density at radius 2 is 1.97 bits per heavy atom. The van der Waals surface area contributed by atoms with Crippen molar-refractivity contribution >= 4 is 45.6 Å². The molecule has 9 nitrogen and oxygen atoms in total. The van der Waals surface area contributed by atoms with Crippen LogP contribution in [-0.2, 0) is 11.4 Å². The van der Waals surface area contributed by atoms with Crippen LogP contribution in [0.1, 0.15) is 44.6 Å². The molecule has 2 aromatic carbocycles. The highest BCUT2D eigenvalue weighted by Crippen LogP contribution is 2.42. The number of H-pyrrole nitrogens is 1. The number of carbonyl (C=O) groups is 1. The third kappa shape index (κ3) is 3.95. The van der Waals surface area contributed by atoms with E-state index in [0.717, 1.165) is 53.7 Å². The minimum Gasteiger partial charge on any atom is -0.392 e. The number of aromatic amines is 1. The van der Waals surface area contributed by atoms with Crippen molar-refractivity contribution in [3.63, 3.8) is 0 Å². The standard InChI is InChI=1S/C27H29N7O2/c1-17-26(36)34(22-9-5-6-18(12-22)16-35)24-15-28-27(30-20-10-11-23-19(13-20)14-29-32-23)31-25(24)33(17)21-7-3-2-4-8-21/h5-6,9-15,17,21,35H,2-4,7-8,16H2,1H3,(H,29,32)(H,28,30,31)/t17-/m1/s1. The molecule has 36 heavy (non-hydrogen) atoms. The van der Waals surface area contributed by atoms with Gasteiger partial charge in [0.15, 0.2) is 5.82 Å². The van der Waals surface area contributed by atoms with E-state index in [0.29, 0.717) is 17.3 Å². The van der Waals surface area contributed by atoms with E-state index in [4.69, 9.17) is 4.98 Å². The number of amides is 1. The van der Waals surface area contributed by atoms with Gasteiger partial charge in [-0.05, 0) is 55.7 Å². The molecule has 1 aliphatic carbocycles. The minimum atomic E-state index is -0.372. The van der Waals surface area contributed by atoms with Gasteiger partial charge in [-0.25, -0.2) is 4.98 Å². The fraction of sp³-hybridized carbons (Fsp3) is 0.333. The van der Waals surface area contributed by atoms with Gasteiger partial charge in [-0.2, -0.15) is 10.1 Å². The number of fused-ring (bicyclic) bond motifs is 2. The van der Waals surface area contributed by atoms with Crippen LogP contribution in [0.25, 0.3) is 10.9 Å². The molecule has 2 aliphatic rings. The van der Waals surface area contributed by atoms with E-state index in [-0.39, 0.29) is 24.6 Å². The van der Waals surface area contributed by atoms with Crippen molar-refractivity contribution in [3.05, 3.63) is 60.4 Å². The molecule has 0 radical (unpaired) electrons. The molecule has 1 aliphatic heterocycles. The van der Waals surface area contributed by atoms with Crippen molar-refractivity contribution < 1.29 is 9.90 Å². The van der Waals surface area contributed by atoms with E-state index in [1.165, 1.54) is 6.42 Å². The van der Waals surface area contributed by atoms with Gasteiger partial charge in [0.2, 0.25) is 5.95 Å². The van der Waals surface area contributed by atoms with Crippen molar-refractivity contribution in [2.75, 3.05) is 15.1 Å². The number of benzene rings is 2. The number of aliphatic hydroxyl groups is 1. The van der Waals surface area contributed by atoms with Crippen molar-refractivity contribution in [3.8, 4) is 0 Å². The smallest absolute Gasteiger partial charge is 0.254 e. The van der Waals surface area contributed by atoms with Gasteiger partial charge in [-0.3, -0.25) is 14.8 Å². The van der Waals surface area contributed by atoms with Crippen LogP contribution in [0, 0.1) is 0 Å². The average molecular weight is 484 g/mol.